The van der Waals surface area contributed by atoms with Crippen molar-refractivity contribution in [1.29, 1.82) is 0 Å². The first-order valence-corrected chi connectivity index (χ1v) is 19.3. The molecule has 53 heavy (non-hydrogen) atoms. The number of aromatic nitrogens is 2. The van der Waals surface area contributed by atoms with Gasteiger partial charge in [-0.1, -0.05) is 43.3 Å². The molecule has 6 fully saturated rings. The lowest BCUT2D eigenvalue weighted by atomic mass is 9.36. The topological polar surface area (TPSA) is 232 Å². The number of fused-ring (bicyclic) bond motifs is 2. The van der Waals surface area contributed by atoms with Gasteiger partial charge in [-0.25, -0.2) is 8.42 Å². The number of aliphatic hydroxyl groups is 2. The fraction of sp³-hybridized carbons (Fsp3) is 0.611. The monoisotopic (exact) mass is 759 g/mol. The number of carbonyl (C=O) groups is 4. The van der Waals surface area contributed by atoms with E-state index in [2.05, 4.69) is 16.4 Å². The molecule has 4 saturated carbocycles. The first kappa shape index (κ1) is 37.1. The van der Waals surface area contributed by atoms with E-state index in [0.29, 0.717) is 19.3 Å². The Morgan fingerprint density at radius 3 is 2.53 bits per heavy atom. The largest absolute Gasteiger partial charge is 0.466 e. The lowest BCUT2D eigenvalue weighted by Gasteiger charge is -2.72. The molecule has 6 aliphatic rings. The maximum absolute atomic E-state index is 14.2. The predicted molar refractivity (Wildman–Crippen MR) is 177 cm³/mol. The van der Waals surface area contributed by atoms with E-state index in [4.69, 9.17) is 18.9 Å². The molecule has 17 heteroatoms. The molecule has 1 aromatic carbocycles. The third kappa shape index (κ3) is 5.28. The first-order chi connectivity index (χ1) is 25.0. The van der Waals surface area contributed by atoms with Gasteiger partial charge < -0.3 is 29.2 Å². The highest BCUT2D eigenvalue weighted by Crippen LogP contribution is 2.76. The van der Waals surface area contributed by atoms with Gasteiger partial charge in [-0.05, 0) is 64.8 Å². The van der Waals surface area contributed by atoms with E-state index >= 15 is 0 Å². The van der Waals surface area contributed by atoms with Crippen molar-refractivity contribution in [1.82, 2.24) is 5.16 Å². The third-order valence-corrected chi connectivity index (χ3v) is 14.1. The van der Waals surface area contributed by atoms with E-state index in [0.717, 1.165) is 0 Å². The molecule has 3 heterocycles. The number of nitrogens with zero attached hydrogens (tertiary/aromatic N) is 1. The van der Waals surface area contributed by atoms with Crippen LogP contribution in [0.2, 0.25) is 0 Å². The summed E-state index contributed by atoms with van der Waals surface area (Å²) in [5.74, 6) is -6.91. The number of aliphatic hydroxyl groups excluding tert-OH is 1. The number of carbonyl (C=O) groups excluding carboxylic acids is 4. The average Bonchev–Trinajstić information content (AvgIpc) is 3.55. The van der Waals surface area contributed by atoms with E-state index < -0.39 is 90.5 Å². The Morgan fingerprint density at radius 2 is 1.79 bits per heavy atom. The van der Waals surface area contributed by atoms with E-state index in [9.17, 15) is 42.7 Å². The van der Waals surface area contributed by atoms with Gasteiger partial charge in [0, 0.05) is 37.5 Å². The fourth-order valence-corrected chi connectivity index (χ4v) is 11.4. The molecule has 3 N–H and O–H groups in total. The highest BCUT2D eigenvalue weighted by molar-refractivity contribution is 7.91. The van der Waals surface area contributed by atoms with Gasteiger partial charge in [0.1, 0.15) is 23.4 Å². The molecule has 16 nitrogen and oxygen atoms in total. The average molecular weight is 760 g/mol. The van der Waals surface area contributed by atoms with Gasteiger partial charge in [-0.2, -0.15) is 0 Å². The summed E-state index contributed by atoms with van der Waals surface area (Å²) in [6.07, 6.45) is -1.49. The Morgan fingerprint density at radius 1 is 1.08 bits per heavy atom. The first-order valence-electron chi connectivity index (χ1n) is 17.8. The quantitative estimate of drug-likeness (QED) is 0.160. The SMILES string of the molecule is C=C1C(=O)[C@]23[C@H](OC(=O)CCCC(=O)OCCCOc4[nH]o[n+](=O)c4S(=O)(=O)c4ccccc4)[C@H]1CC[C@H]2[C@@]12CO[C@@]3(O)[C@@H](O)[C@@H]1C(C)(C)CCC2=O. The summed E-state index contributed by atoms with van der Waals surface area (Å²) in [7, 11) is -4.26. The molecule has 2 aliphatic heterocycles. The second-order valence-corrected chi connectivity index (χ2v) is 17.3. The molecule has 2 saturated heterocycles. The van der Waals surface area contributed by atoms with Crippen molar-refractivity contribution in [3.8, 4) is 5.88 Å². The molecule has 2 spiro atoms. The summed E-state index contributed by atoms with van der Waals surface area (Å²) in [5, 5.41) is 25.4. The summed E-state index contributed by atoms with van der Waals surface area (Å²) in [6.45, 7) is 7.49. The van der Waals surface area contributed by atoms with Crippen LogP contribution in [-0.2, 0) is 43.2 Å². The molecule has 4 aliphatic carbocycles. The van der Waals surface area contributed by atoms with Gasteiger partial charge in [-0.3, -0.25) is 19.2 Å². The smallest absolute Gasteiger partial charge is 0.404 e. The number of rotatable bonds is 12. The van der Waals surface area contributed by atoms with Crippen LogP contribution in [0.15, 0.2) is 57.0 Å². The molecule has 0 radical (unpaired) electrons. The van der Waals surface area contributed by atoms with Crippen LogP contribution in [-0.4, -0.2) is 85.1 Å². The number of ether oxygens (including phenoxy) is 4. The second-order valence-electron chi connectivity index (χ2n) is 15.4. The number of esters is 2. The van der Waals surface area contributed by atoms with Crippen LogP contribution in [0.4, 0.5) is 0 Å². The van der Waals surface area contributed by atoms with Gasteiger partial charge >= 0.3 is 22.8 Å². The standard InChI is InChI=1S/C36H43N2O14S/c1-20-22-13-14-23-34-19-50-36(44,29(43)27(34)33(2,3)16-15-24(34)39)35(23,28(20)42)30(22)51-26(41)12-7-11-25(40)48-17-8-18-49-31-32(38(45)52-37-31)53(46,47)21-9-5-4-6-10-21/h4-6,9-10,22-23,27,29-30,37,43-44H,1,7-8,11-19H2,2-3H3/q+1/t22-,23-,27+,29-,30+,34+,35-,36-/m0/s1. The highest BCUT2D eigenvalue weighted by Gasteiger charge is 2.88. The normalized spacial score (nSPS) is 34.0. The zero-order valence-electron chi connectivity index (χ0n) is 29.4. The van der Waals surface area contributed by atoms with E-state index in [1.165, 1.54) is 24.3 Å². The maximum atomic E-state index is 14.2. The van der Waals surface area contributed by atoms with Crippen molar-refractivity contribution >= 4 is 33.3 Å². The van der Waals surface area contributed by atoms with Crippen LogP contribution in [0, 0.1) is 38.9 Å². The van der Waals surface area contributed by atoms with Crippen molar-refractivity contribution in [2.24, 2.45) is 34.0 Å². The highest BCUT2D eigenvalue weighted by atomic mass is 32.2. The van der Waals surface area contributed by atoms with Crippen molar-refractivity contribution in [3.05, 3.63) is 47.4 Å². The van der Waals surface area contributed by atoms with Gasteiger partial charge in [0.2, 0.25) is 10.4 Å². The predicted octanol–water partition coefficient (Wildman–Crippen LogP) is 1.99. The number of ketones is 2. The summed E-state index contributed by atoms with van der Waals surface area (Å²) in [6, 6.07) is 7.25. The van der Waals surface area contributed by atoms with Crippen LogP contribution in [0.1, 0.15) is 65.2 Å². The van der Waals surface area contributed by atoms with Crippen LogP contribution in [0.5, 0.6) is 5.88 Å². The second kappa shape index (κ2) is 13.0. The molecule has 2 aromatic rings. The molecular weight excluding hydrogens is 716 g/mol. The number of Topliss-reactive ketones (excluding diaryl/α,β-unsaturated/α-hetero) is 2. The summed E-state index contributed by atoms with van der Waals surface area (Å²) < 4.78 is 52.7. The minimum atomic E-state index is -4.26. The summed E-state index contributed by atoms with van der Waals surface area (Å²) in [4.78, 5) is 65.7. The zero-order valence-corrected chi connectivity index (χ0v) is 30.2. The fourth-order valence-electron chi connectivity index (χ4n) is 10.1. The minimum Gasteiger partial charge on any atom is -0.466 e. The minimum absolute atomic E-state index is 0.0349. The van der Waals surface area contributed by atoms with Crippen molar-refractivity contribution < 1.29 is 66.0 Å². The Hall–Kier alpha value is -4.19. The Labute approximate surface area is 304 Å². The number of H-pyrrole nitrogens is 1. The van der Waals surface area contributed by atoms with Crippen LogP contribution in [0.25, 0.3) is 0 Å². The molecule has 0 unspecified atom stereocenters. The molecule has 4 bridgehead atoms. The van der Waals surface area contributed by atoms with E-state index in [1.54, 1.807) is 6.07 Å². The third-order valence-electron chi connectivity index (χ3n) is 12.3. The van der Waals surface area contributed by atoms with Gasteiger partial charge in [0.15, 0.2) is 5.78 Å². The van der Waals surface area contributed by atoms with Crippen LogP contribution in [0.3, 0.4) is 0 Å². The van der Waals surface area contributed by atoms with Crippen LogP contribution < -0.4 is 9.34 Å². The summed E-state index contributed by atoms with van der Waals surface area (Å²) in [5.41, 5.74) is -3.52. The molecule has 0 amide bonds. The van der Waals surface area contributed by atoms with E-state index in [1.807, 2.05) is 13.8 Å². The molecule has 8 atom stereocenters. The maximum Gasteiger partial charge on any atom is 0.404 e. The summed E-state index contributed by atoms with van der Waals surface area (Å²) >= 11 is 0. The van der Waals surface area contributed by atoms with Crippen molar-refractivity contribution in [2.45, 2.75) is 93.1 Å². The van der Waals surface area contributed by atoms with Gasteiger partial charge in [-0.15, -0.1) is 0 Å². The lowest BCUT2D eigenvalue weighted by molar-refractivity contribution is -0.744. The lowest BCUT2D eigenvalue weighted by Crippen LogP contribution is -2.85. The van der Waals surface area contributed by atoms with Gasteiger partial charge in [0.25, 0.3) is 9.84 Å². The van der Waals surface area contributed by atoms with Gasteiger partial charge in [0.05, 0.1) is 30.1 Å². The Balaban J connectivity index is 0.942. The van der Waals surface area contributed by atoms with Crippen molar-refractivity contribution in [3.63, 3.8) is 0 Å². The van der Waals surface area contributed by atoms with E-state index in [-0.39, 0.29) is 72.8 Å². The number of nitrogens with one attached hydrogen (secondary N) is 1. The van der Waals surface area contributed by atoms with Crippen LogP contribution >= 0.6 is 0 Å². The number of hydrogen-bond acceptors (Lipinski definition) is 14. The molecule has 8 rings (SSSR count). The number of benzene rings is 1. The number of sulfone groups is 1. The Bertz CT molecular complexity index is 2020. The zero-order chi connectivity index (χ0) is 38.1. The van der Waals surface area contributed by atoms with Crippen molar-refractivity contribution in [2.75, 3.05) is 19.8 Å². The molecular formula is C36H43N2O14S+. The molecule has 1 aromatic heterocycles. The number of hydrogen-bond donors (Lipinski definition) is 3. The Kier molecular flexibility index (Phi) is 9.10. The molecule has 286 valence electrons. The number of aromatic amines is 1.